The van der Waals surface area contributed by atoms with Crippen LogP contribution >= 0.6 is 0 Å². The molecule has 0 aromatic carbocycles. The Morgan fingerprint density at radius 2 is 2.24 bits per heavy atom. The molecule has 1 aromatic heterocycles. The van der Waals surface area contributed by atoms with Crippen molar-refractivity contribution in [3.8, 4) is 6.07 Å². The van der Waals surface area contributed by atoms with Gasteiger partial charge in [-0.2, -0.15) is 5.26 Å². The molecule has 1 heterocycles. The second kappa shape index (κ2) is 5.32. The van der Waals surface area contributed by atoms with Gasteiger partial charge in [-0.3, -0.25) is 9.78 Å². The van der Waals surface area contributed by atoms with Gasteiger partial charge in [0.1, 0.15) is 11.8 Å². The number of carboxylic acid groups (broad SMARTS) is 1. The molecule has 0 spiro atoms. The number of hydrogen-bond acceptors (Lipinski definition) is 4. The van der Waals surface area contributed by atoms with Crippen molar-refractivity contribution in [2.75, 3.05) is 0 Å². The molecule has 0 saturated carbocycles. The molecule has 0 unspecified atom stereocenters. The molecule has 0 bridgehead atoms. The first kappa shape index (κ1) is 13.0. The number of alkyl halides is 2. The maximum Gasteiger partial charge on any atom is 0.307 e. The number of nitriles is 1. The molecule has 7 heteroatoms. The Morgan fingerprint density at radius 3 is 2.65 bits per heavy atom. The summed E-state index contributed by atoms with van der Waals surface area (Å²) in [5.74, 6) is -1.28. The zero-order valence-electron chi connectivity index (χ0n) is 8.65. The predicted molar refractivity (Wildman–Crippen MR) is 53.1 cm³/mol. The van der Waals surface area contributed by atoms with E-state index in [1.165, 1.54) is 0 Å². The van der Waals surface area contributed by atoms with Crippen LogP contribution in [0.15, 0.2) is 6.20 Å². The summed E-state index contributed by atoms with van der Waals surface area (Å²) in [4.78, 5) is 14.0. The number of aromatic nitrogens is 1. The number of pyridine rings is 1. The summed E-state index contributed by atoms with van der Waals surface area (Å²) >= 11 is 0. The van der Waals surface area contributed by atoms with Crippen LogP contribution in [-0.2, 0) is 17.8 Å². The maximum atomic E-state index is 12.7. The van der Waals surface area contributed by atoms with E-state index in [4.69, 9.17) is 16.1 Å². The van der Waals surface area contributed by atoms with E-state index in [-0.39, 0.29) is 23.2 Å². The van der Waals surface area contributed by atoms with Gasteiger partial charge in [0.15, 0.2) is 0 Å². The molecule has 0 radical (unpaired) electrons. The fourth-order valence-electron chi connectivity index (χ4n) is 1.47. The molecule has 0 aliphatic heterocycles. The molecule has 1 aromatic rings. The quantitative estimate of drug-likeness (QED) is 0.818. The van der Waals surface area contributed by atoms with Crippen molar-refractivity contribution >= 4 is 5.97 Å². The van der Waals surface area contributed by atoms with Gasteiger partial charge in [-0.15, -0.1) is 0 Å². The van der Waals surface area contributed by atoms with E-state index in [9.17, 15) is 13.6 Å². The minimum absolute atomic E-state index is 0.0214. The van der Waals surface area contributed by atoms with Crippen LogP contribution in [0.25, 0.3) is 0 Å². The largest absolute Gasteiger partial charge is 0.481 e. The molecule has 3 N–H and O–H groups in total. The molecule has 90 valence electrons. The molecular formula is C10H9F2N3O2. The molecule has 5 nitrogen and oxygen atoms in total. The average Bonchev–Trinajstić information content (AvgIpc) is 2.27. The zero-order valence-corrected chi connectivity index (χ0v) is 8.65. The first-order valence-corrected chi connectivity index (χ1v) is 4.62. The molecule has 0 aliphatic carbocycles. The van der Waals surface area contributed by atoms with Crippen LogP contribution in [0.2, 0.25) is 0 Å². The van der Waals surface area contributed by atoms with Crippen LogP contribution in [0.3, 0.4) is 0 Å². The number of carboxylic acids is 1. The standard InChI is InChI=1S/C10H9F2N3O2/c11-10(12)9-6(1-8(16)17)7(3-14)5(2-13)4-15-9/h4,10H,1,3,14H2,(H,16,17). The monoisotopic (exact) mass is 241 g/mol. The van der Waals surface area contributed by atoms with Crippen LogP contribution in [-0.4, -0.2) is 16.1 Å². The molecule has 0 fully saturated rings. The van der Waals surface area contributed by atoms with Crippen LogP contribution in [0.5, 0.6) is 0 Å². The number of nitrogens with two attached hydrogens (primary N) is 1. The van der Waals surface area contributed by atoms with Gasteiger partial charge in [0.25, 0.3) is 6.43 Å². The van der Waals surface area contributed by atoms with Crippen molar-refractivity contribution in [1.29, 1.82) is 5.26 Å². The lowest BCUT2D eigenvalue weighted by atomic mass is 9.99. The number of halogens is 2. The van der Waals surface area contributed by atoms with E-state index in [0.717, 1.165) is 6.20 Å². The summed E-state index contributed by atoms with van der Waals surface area (Å²) in [5.41, 5.74) is 4.68. The SMILES string of the molecule is N#Cc1cnc(C(F)F)c(CC(=O)O)c1CN. The van der Waals surface area contributed by atoms with E-state index in [1.54, 1.807) is 6.07 Å². The molecule has 17 heavy (non-hydrogen) atoms. The van der Waals surface area contributed by atoms with Gasteiger partial charge in [-0.05, 0) is 11.1 Å². The minimum atomic E-state index is -2.90. The van der Waals surface area contributed by atoms with Gasteiger partial charge in [-0.25, -0.2) is 8.78 Å². The maximum absolute atomic E-state index is 12.7. The number of hydrogen-bond donors (Lipinski definition) is 2. The second-order valence-electron chi connectivity index (χ2n) is 3.20. The second-order valence-corrected chi connectivity index (χ2v) is 3.20. The smallest absolute Gasteiger partial charge is 0.307 e. The van der Waals surface area contributed by atoms with Crippen molar-refractivity contribution in [2.45, 2.75) is 19.4 Å². The Kier molecular flexibility index (Phi) is 4.06. The lowest BCUT2D eigenvalue weighted by Gasteiger charge is -2.12. The Balaban J connectivity index is 3.45. The van der Waals surface area contributed by atoms with Crippen molar-refractivity contribution < 1.29 is 18.7 Å². The number of nitrogens with zero attached hydrogens (tertiary/aromatic N) is 2. The highest BCUT2D eigenvalue weighted by Gasteiger charge is 2.21. The highest BCUT2D eigenvalue weighted by Crippen LogP contribution is 2.25. The van der Waals surface area contributed by atoms with Crippen molar-refractivity contribution in [3.63, 3.8) is 0 Å². The zero-order chi connectivity index (χ0) is 13.0. The normalized spacial score (nSPS) is 10.3. The molecule has 0 amide bonds. The minimum Gasteiger partial charge on any atom is -0.481 e. The van der Waals surface area contributed by atoms with Crippen LogP contribution in [0.4, 0.5) is 8.78 Å². The van der Waals surface area contributed by atoms with Gasteiger partial charge in [0, 0.05) is 12.7 Å². The Bertz CT molecular complexity index is 483. The molecule has 0 aliphatic rings. The Labute approximate surface area is 95.5 Å². The summed E-state index contributed by atoms with van der Waals surface area (Å²) in [7, 11) is 0. The van der Waals surface area contributed by atoms with E-state index in [2.05, 4.69) is 4.98 Å². The highest BCUT2D eigenvalue weighted by molar-refractivity contribution is 5.71. The summed E-state index contributed by atoms with van der Waals surface area (Å²) in [5, 5.41) is 17.4. The summed E-state index contributed by atoms with van der Waals surface area (Å²) < 4.78 is 25.3. The topological polar surface area (TPSA) is 100 Å². The highest BCUT2D eigenvalue weighted by atomic mass is 19.3. The van der Waals surface area contributed by atoms with Crippen LogP contribution < -0.4 is 5.73 Å². The van der Waals surface area contributed by atoms with Crippen molar-refractivity contribution in [1.82, 2.24) is 4.98 Å². The fourth-order valence-corrected chi connectivity index (χ4v) is 1.47. The van der Waals surface area contributed by atoms with E-state index in [1.807, 2.05) is 0 Å². The number of rotatable bonds is 4. The van der Waals surface area contributed by atoms with Crippen molar-refractivity contribution in [2.24, 2.45) is 5.73 Å². The number of aliphatic carboxylic acids is 1. The van der Waals surface area contributed by atoms with Crippen LogP contribution in [0.1, 0.15) is 28.8 Å². The van der Waals surface area contributed by atoms with Gasteiger partial charge in [0.05, 0.1) is 12.0 Å². The van der Waals surface area contributed by atoms with Gasteiger partial charge in [0.2, 0.25) is 0 Å². The molecule has 0 atom stereocenters. The predicted octanol–water partition coefficient (Wildman–Crippen LogP) is 0.977. The van der Waals surface area contributed by atoms with E-state index >= 15 is 0 Å². The summed E-state index contributed by atoms with van der Waals surface area (Å²) in [6.45, 7) is -0.187. The molecular weight excluding hydrogens is 232 g/mol. The van der Waals surface area contributed by atoms with Crippen molar-refractivity contribution in [3.05, 3.63) is 28.6 Å². The number of carbonyl (C=O) groups is 1. The molecule has 1 rings (SSSR count). The third kappa shape index (κ3) is 2.73. The average molecular weight is 241 g/mol. The van der Waals surface area contributed by atoms with Crippen LogP contribution in [0, 0.1) is 11.3 Å². The Morgan fingerprint density at radius 1 is 1.59 bits per heavy atom. The van der Waals surface area contributed by atoms with Gasteiger partial charge >= 0.3 is 5.97 Å². The molecule has 0 saturated heterocycles. The summed E-state index contributed by atoms with van der Waals surface area (Å²) in [6, 6.07) is 1.75. The third-order valence-corrected chi connectivity index (χ3v) is 2.19. The summed E-state index contributed by atoms with van der Waals surface area (Å²) in [6.07, 6.45) is -2.55. The van der Waals surface area contributed by atoms with Gasteiger partial charge < -0.3 is 10.8 Å². The van der Waals surface area contributed by atoms with Gasteiger partial charge in [-0.1, -0.05) is 0 Å². The fraction of sp³-hybridized carbons (Fsp3) is 0.300. The Hall–Kier alpha value is -2.07. The van der Waals surface area contributed by atoms with E-state index < -0.39 is 24.5 Å². The first-order chi connectivity index (χ1) is 8.01. The lowest BCUT2D eigenvalue weighted by molar-refractivity contribution is -0.136. The van der Waals surface area contributed by atoms with E-state index in [0.29, 0.717) is 0 Å². The first-order valence-electron chi connectivity index (χ1n) is 4.62. The third-order valence-electron chi connectivity index (χ3n) is 2.19. The lowest BCUT2D eigenvalue weighted by Crippen LogP contribution is -2.13.